The second-order valence-electron chi connectivity index (χ2n) is 11.0. The minimum Gasteiger partial charge on any atom is -0.295 e. The van der Waals surface area contributed by atoms with Crippen LogP contribution in [0.4, 0.5) is 0 Å². The van der Waals surface area contributed by atoms with Crippen LogP contribution in [0.1, 0.15) is 17.3 Å². The van der Waals surface area contributed by atoms with Crippen LogP contribution in [0.15, 0.2) is 164 Å². The van der Waals surface area contributed by atoms with Gasteiger partial charge in [-0.1, -0.05) is 121 Å². The van der Waals surface area contributed by atoms with E-state index in [4.69, 9.17) is 9.97 Å². The van der Waals surface area contributed by atoms with Crippen LogP contribution in [0.2, 0.25) is 0 Å². The maximum Gasteiger partial charge on any atom is 0.159 e. The lowest BCUT2D eigenvalue weighted by Gasteiger charge is -2.16. The summed E-state index contributed by atoms with van der Waals surface area (Å²) in [5, 5.41) is 0. The third kappa shape index (κ3) is 5.84. The van der Waals surface area contributed by atoms with Crippen LogP contribution in [-0.4, -0.2) is 15.8 Å². The predicted molar refractivity (Wildman–Crippen MR) is 185 cm³/mol. The molecule has 7 rings (SSSR count). The molecule has 0 bridgehead atoms. The molecule has 2 aromatic heterocycles. The smallest absolute Gasteiger partial charge is 0.159 e. The van der Waals surface area contributed by atoms with Gasteiger partial charge in [0.05, 0.1) is 11.4 Å². The van der Waals surface area contributed by atoms with E-state index in [2.05, 4.69) is 78.9 Å². The summed E-state index contributed by atoms with van der Waals surface area (Å²) in [5.41, 5.74) is 12.9. The predicted octanol–water partition coefficient (Wildman–Crippen LogP) is 10.7. The highest BCUT2D eigenvalue weighted by atomic mass is 16.1. The summed E-state index contributed by atoms with van der Waals surface area (Å²) in [7, 11) is 0. The van der Waals surface area contributed by atoms with Crippen molar-refractivity contribution in [2.24, 2.45) is 0 Å². The van der Waals surface area contributed by atoms with Gasteiger partial charge in [0.2, 0.25) is 0 Å². The van der Waals surface area contributed by atoms with Crippen LogP contribution in [-0.2, 0) is 0 Å². The van der Waals surface area contributed by atoms with E-state index in [1.165, 1.54) is 0 Å². The van der Waals surface area contributed by atoms with E-state index in [-0.39, 0.29) is 5.78 Å². The highest BCUT2D eigenvalue weighted by Crippen LogP contribution is 2.38. The number of carbonyl (C=O) groups excluding carboxylic acids is 1. The van der Waals surface area contributed by atoms with Crippen LogP contribution in [0.3, 0.4) is 0 Å². The van der Waals surface area contributed by atoms with E-state index in [1.54, 1.807) is 6.92 Å². The van der Waals surface area contributed by atoms with Gasteiger partial charge >= 0.3 is 0 Å². The summed E-state index contributed by atoms with van der Waals surface area (Å²) < 4.78 is 0. The summed E-state index contributed by atoms with van der Waals surface area (Å²) >= 11 is 0. The SMILES string of the molecule is CC(=O)c1cc(-c2ccccc2-c2ccc(-c3ccccc3)nc2)cc(-c2ccccc2-c2ccc(-c3ccccc3)nc2)c1. The third-order valence-corrected chi connectivity index (χ3v) is 8.10. The quantitative estimate of drug-likeness (QED) is 0.177. The lowest BCUT2D eigenvalue weighted by Crippen LogP contribution is -1.96. The van der Waals surface area contributed by atoms with Crippen LogP contribution < -0.4 is 0 Å². The van der Waals surface area contributed by atoms with Gasteiger partial charge in [0.15, 0.2) is 5.78 Å². The second kappa shape index (κ2) is 12.4. The number of hydrogen-bond donors (Lipinski definition) is 0. The molecule has 5 aromatic carbocycles. The summed E-state index contributed by atoms with van der Waals surface area (Å²) in [4.78, 5) is 22.4. The summed E-state index contributed by atoms with van der Waals surface area (Å²) in [6.07, 6.45) is 3.86. The molecular formula is C42H30N2O. The number of rotatable bonds is 7. The molecule has 0 amide bonds. The molecule has 0 saturated heterocycles. The van der Waals surface area contributed by atoms with Gasteiger partial charge in [-0.05, 0) is 70.6 Å². The lowest BCUT2D eigenvalue weighted by atomic mass is 9.88. The van der Waals surface area contributed by atoms with Gasteiger partial charge in [0, 0.05) is 40.2 Å². The molecule has 0 radical (unpaired) electrons. The Kier molecular flexibility index (Phi) is 7.65. The largest absolute Gasteiger partial charge is 0.295 e. The minimum absolute atomic E-state index is 0.0239. The molecule has 3 heteroatoms. The van der Waals surface area contributed by atoms with Gasteiger partial charge in [-0.15, -0.1) is 0 Å². The molecule has 0 atom stereocenters. The number of ketones is 1. The van der Waals surface area contributed by atoms with Crippen molar-refractivity contribution in [2.75, 3.05) is 0 Å². The van der Waals surface area contributed by atoms with E-state index < -0.39 is 0 Å². The van der Waals surface area contributed by atoms with Gasteiger partial charge < -0.3 is 0 Å². The molecule has 214 valence electrons. The van der Waals surface area contributed by atoms with E-state index >= 15 is 0 Å². The highest BCUT2D eigenvalue weighted by molar-refractivity contribution is 5.99. The molecule has 2 heterocycles. The van der Waals surface area contributed by atoms with Crippen molar-refractivity contribution in [1.29, 1.82) is 0 Å². The summed E-state index contributed by atoms with van der Waals surface area (Å²) in [6.45, 7) is 1.62. The Bertz CT molecular complexity index is 1960. The standard InChI is InChI=1S/C42H30N2O/c1-29(45)34-24-35(39-18-10-8-16-37(39)32-20-22-41(43-27-32)30-12-4-2-5-13-30)26-36(25-34)40-19-11-9-17-38(40)33-21-23-42(44-28-33)31-14-6-3-7-15-31/h2-28H,1H3. The van der Waals surface area contributed by atoms with Crippen molar-refractivity contribution in [3.63, 3.8) is 0 Å². The molecule has 0 aliphatic rings. The van der Waals surface area contributed by atoms with Crippen molar-refractivity contribution in [1.82, 2.24) is 9.97 Å². The van der Waals surface area contributed by atoms with Gasteiger partial charge in [0.25, 0.3) is 0 Å². The monoisotopic (exact) mass is 578 g/mol. The maximum atomic E-state index is 12.8. The van der Waals surface area contributed by atoms with Crippen molar-refractivity contribution < 1.29 is 4.79 Å². The zero-order valence-corrected chi connectivity index (χ0v) is 24.9. The van der Waals surface area contributed by atoms with Crippen LogP contribution in [0.25, 0.3) is 67.0 Å². The molecular weight excluding hydrogens is 548 g/mol. The minimum atomic E-state index is 0.0239. The Balaban J connectivity index is 1.30. The molecule has 0 spiro atoms. The zero-order chi connectivity index (χ0) is 30.6. The average molecular weight is 579 g/mol. The first-order valence-corrected chi connectivity index (χ1v) is 15.0. The number of hydrogen-bond acceptors (Lipinski definition) is 3. The van der Waals surface area contributed by atoms with Gasteiger partial charge in [-0.25, -0.2) is 0 Å². The first-order chi connectivity index (χ1) is 22.1. The Morgan fingerprint density at radius 2 is 0.778 bits per heavy atom. The zero-order valence-electron chi connectivity index (χ0n) is 24.9. The number of benzene rings is 5. The Labute approximate surface area is 263 Å². The van der Waals surface area contributed by atoms with E-state index in [1.807, 2.05) is 85.2 Å². The molecule has 0 unspecified atom stereocenters. The summed E-state index contributed by atoms with van der Waals surface area (Å²) in [6, 6.07) is 51.5. The van der Waals surface area contributed by atoms with Gasteiger partial charge in [0.1, 0.15) is 0 Å². The molecule has 45 heavy (non-hydrogen) atoms. The Hall–Kier alpha value is -5.93. The van der Waals surface area contributed by atoms with Crippen molar-refractivity contribution in [2.45, 2.75) is 6.92 Å². The normalized spacial score (nSPS) is 10.9. The molecule has 0 N–H and O–H groups in total. The highest BCUT2D eigenvalue weighted by Gasteiger charge is 2.15. The van der Waals surface area contributed by atoms with Crippen molar-refractivity contribution in [3.8, 4) is 67.0 Å². The molecule has 0 aliphatic carbocycles. The molecule has 0 aliphatic heterocycles. The summed E-state index contributed by atoms with van der Waals surface area (Å²) in [5.74, 6) is 0.0239. The lowest BCUT2D eigenvalue weighted by molar-refractivity contribution is 0.101. The second-order valence-corrected chi connectivity index (χ2v) is 11.0. The van der Waals surface area contributed by atoms with Gasteiger partial charge in [-0.3, -0.25) is 14.8 Å². The van der Waals surface area contributed by atoms with Gasteiger partial charge in [-0.2, -0.15) is 0 Å². The van der Waals surface area contributed by atoms with Crippen LogP contribution in [0, 0.1) is 0 Å². The number of carbonyl (C=O) groups is 1. The average Bonchev–Trinajstić information content (AvgIpc) is 3.12. The van der Waals surface area contributed by atoms with Crippen LogP contribution >= 0.6 is 0 Å². The fourth-order valence-electron chi connectivity index (χ4n) is 5.78. The Morgan fingerprint density at radius 1 is 0.400 bits per heavy atom. The molecule has 0 saturated carbocycles. The fourth-order valence-corrected chi connectivity index (χ4v) is 5.78. The topological polar surface area (TPSA) is 42.9 Å². The molecule has 3 nitrogen and oxygen atoms in total. The Morgan fingerprint density at radius 3 is 1.13 bits per heavy atom. The first kappa shape index (κ1) is 27.9. The van der Waals surface area contributed by atoms with E-state index in [9.17, 15) is 4.79 Å². The number of aromatic nitrogens is 2. The van der Waals surface area contributed by atoms with Crippen molar-refractivity contribution in [3.05, 3.63) is 170 Å². The molecule has 0 fully saturated rings. The van der Waals surface area contributed by atoms with Crippen molar-refractivity contribution >= 4 is 5.78 Å². The van der Waals surface area contributed by atoms with Crippen LogP contribution in [0.5, 0.6) is 0 Å². The third-order valence-electron chi connectivity index (χ3n) is 8.10. The number of Topliss-reactive ketones (excluding diaryl/α,β-unsaturated/α-hetero) is 1. The first-order valence-electron chi connectivity index (χ1n) is 15.0. The molecule has 7 aromatic rings. The maximum absolute atomic E-state index is 12.8. The van der Waals surface area contributed by atoms with E-state index in [0.717, 1.165) is 67.0 Å². The number of pyridine rings is 2. The van der Waals surface area contributed by atoms with E-state index in [0.29, 0.717) is 5.56 Å². The fraction of sp³-hybridized carbons (Fsp3) is 0.0238. The number of nitrogens with zero attached hydrogens (tertiary/aromatic N) is 2.